The van der Waals surface area contributed by atoms with Crippen molar-refractivity contribution >= 4 is 6.09 Å². The molecule has 1 heterocycles. The number of hydrogen-bond donors (Lipinski definition) is 1. The van der Waals surface area contributed by atoms with Crippen molar-refractivity contribution in [3.63, 3.8) is 0 Å². The number of piperidine rings is 1. The van der Waals surface area contributed by atoms with Crippen molar-refractivity contribution < 1.29 is 9.53 Å². The van der Waals surface area contributed by atoms with E-state index in [0.29, 0.717) is 11.8 Å². The van der Waals surface area contributed by atoms with Crippen LogP contribution in [-0.4, -0.2) is 35.7 Å². The van der Waals surface area contributed by atoms with Crippen molar-refractivity contribution in [2.45, 2.75) is 59.1 Å². The van der Waals surface area contributed by atoms with Crippen molar-refractivity contribution in [3.05, 3.63) is 0 Å². The van der Waals surface area contributed by atoms with Gasteiger partial charge in [0.25, 0.3) is 0 Å². The Morgan fingerprint density at radius 1 is 1.37 bits per heavy atom. The molecule has 0 bridgehead atoms. The van der Waals surface area contributed by atoms with Crippen LogP contribution >= 0.6 is 0 Å². The zero-order chi connectivity index (χ0) is 14.4. The van der Waals surface area contributed by atoms with Gasteiger partial charge < -0.3 is 15.4 Å². The highest BCUT2D eigenvalue weighted by Gasteiger charge is 2.59. The van der Waals surface area contributed by atoms with Gasteiger partial charge in [0.15, 0.2) is 0 Å². The van der Waals surface area contributed by atoms with E-state index in [9.17, 15) is 4.79 Å². The standard InChI is InChI=1S/C15H28N2O2/c1-14(2,3)19-13(18)17-8-6-7-10(9-17)11-12(16)15(11,4)5/h10-12H,6-9,16H2,1-5H3/t10?,11-,12-/m0/s1. The molecule has 2 aliphatic rings. The van der Waals surface area contributed by atoms with E-state index in [1.165, 1.54) is 6.42 Å². The molecule has 1 saturated carbocycles. The van der Waals surface area contributed by atoms with Gasteiger partial charge in [-0.1, -0.05) is 13.8 Å². The lowest BCUT2D eigenvalue weighted by Crippen LogP contribution is -2.43. The Labute approximate surface area is 116 Å². The average molecular weight is 268 g/mol. The monoisotopic (exact) mass is 268 g/mol. The average Bonchev–Trinajstić information content (AvgIpc) is 2.76. The molecular formula is C15H28N2O2. The van der Waals surface area contributed by atoms with Crippen LogP contribution in [0.3, 0.4) is 0 Å². The Bertz CT molecular complexity index is 360. The van der Waals surface area contributed by atoms with E-state index in [2.05, 4.69) is 13.8 Å². The molecule has 1 aliphatic heterocycles. The maximum Gasteiger partial charge on any atom is 0.410 e. The molecule has 0 radical (unpaired) electrons. The molecule has 0 aromatic carbocycles. The third-order valence-electron chi connectivity index (χ3n) is 4.61. The second kappa shape index (κ2) is 4.65. The van der Waals surface area contributed by atoms with Gasteiger partial charge in [0.2, 0.25) is 0 Å². The number of nitrogens with zero attached hydrogens (tertiary/aromatic N) is 1. The van der Waals surface area contributed by atoms with Crippen molar-refractivity contribution in [3.8, 4) is 0 Å². The van der Waals surface area contributed by atoms with Crippen LogP contribution in [0.4, 0.5) is 4.79 Å². The molecule has 110 valence electrons. The van der Waals surface area contributed by atoms with E-state index >= 15 is 0 Å². The van der Waals surface area contributed by atoms with Gasteiger partial charge in [0.1, 0.15) is 5.60 Å². The number of carbonyl (C=O) groups excluding carboxylic acids is 1. The topological polar surface area (TPSA) is 55.6 Å². The fourth-order valence-electron chi connectivity index (χ4n) is 3.41. The van der Waals surface area contributed by atoms with Crippen molar-refractivity contribution in [2.24, 2.45) is 23.0 Å². The summed E-state index contributed by atoms with van der Waals surface area (Å²) in [4.78, 5) is 14.0. The third kappa shape index (κ3) is 3.04. The fourth-order valence-corrected chi connectivity index (χ4v) is 3.41. The highest BCUT2D eigenvalue weighted by Crippen LogP contribution is 2.56. The van der Waals surface area contributed by atoms with Crippen LogP contribution < -0.4 is 5.73 Å². The first-order chi connectivity index (χ1) is 8.63. The van der Waals surface area contributed by atoms with Crippen molar-refractivity contribution in [1.82, 2.24) is 4.90 Å². The summed E-state index contributed by atoms with van der Waals surface area (Å²) >= 11 is 0. The molecule has 0 aromatic heterocycles. The molecule has 1 amide bonds. The molecule has 1 aliphatic carbocycles. The van der Waals surface area contributed by atoms with Gasteiger partial charge in [-0.05, 0) is 50.9 Å². The summed E-state index contributed by atoms with van der Waals surface area (Å²) in [6.45, 7) is 11.8. The first-order valence-corrected chi connectivity index (χ1v) is 7.36. The zero-order valence-electron chi connectivity index (χ0n) is 12.9. The lowest BCUT2D eigenvalue weighted by atomic mass is 9.89. The number of rotatable bonds is 1. The SMILES string of the molecule is CC(C)(C)OC(=O)N1CCCC([C@H]2[C@H](N)C2(C)C)C1. The van der Waals surface area contributed by atoms with Gasteiger partial charge >= 0.3 is 6.09 Å². The molecule has 3 atom stereocenters. The van der Waals surface area contributed by atoms with Gasteiger partial charge in [0, 0.05) is 19.1 Å². The Hall–Kier alpha value is -0.770. The molecule has 4 nitrogen and oxygen atoms in total. The molecule has 19 heavy (non-hydrogen) atoms. The second-order valence-corrected chi connectivity index (χ2v) is 7.70. The zero-order valence-corrected chi connectivity index (χ0v) is 12.9. The maximum absolute atomic E-state index is 12.1. The summed E-state index contributed by atoms with van der Waals surface area (Å²) in [6.07, 6.45) is 2.06. The van der Waals surface area contributed by atoms with Crippen LogP contribution in [0.1, 0.15) is 47.5 Å². The molecule has 1 unspecified atom stereocenters. The Morgan fingerprint density at radius 3 is 2.42 bits per heavy atom. The van der Waals surface area contributed by atoms with Gasteiger partial charge in [0.05, 0.1) is 0 Å². The maximum atomic E-state index is 12.1. The minimum atomic E-state index is -0.417. The summed E-state index contributed by atoms with van der Waals surface area (Å²) in [7, 11) is 0. The molecule has 0 spiro atoms. The third-order valence-corrected chi connectivity index (χ3v) is 4.61. The van der Waals surface area contributed by atoms with Crippen molar-refractivity contribution in [2.75, 3.05) is 13.1 Å². The predicted octanol–water partition coefficient (Wildman–Crippen LogP) is 2.62. The van der Waals surface area contributed by atoms with Gasteiger partial charge in [-0.2, -0.15) is 0 Å². The van der Waals surface area contributed by atoms with Crippen LogP contribution in [0.25, 0.3) is 0 Å². The van der Waals surface area contributed by atoms with Crippen LogP contribution in [0.2, 0.25) is 0 Å². The molecule has 1 saturated heterocycles. The minimum Gasteiger partial charge on any atom is -0.444 e. The predicted molar refractivity (Wildman–Crippen MR) is 75.8 cm³/mol. The summed E-state index contributed by atoms with van der Waals surface area (Å²) in [5.74, 6) is 1.09. The molecule has 2 fully saturated rings. The molecule has 2 rings (SSSR count). The first-order valence-electron chi connectivity index (χ1n) is 7.36. The van der Waals surface area contributed by atoms with E-state index in [0.717, 1.165) is 19.5 Å². The number of hydrogen-bond acceptors (Lipinski definition) is 3. The van der Waals surface area contributed by atoms with Crippen LogP contribution in [0.5, 0.6) is 0 Å². The van der Waals surface area contributed by atoms with Gasteiger partial charge in [-0.15, -0.1) is 0 Å². The summed E-state index contributed by atoms with van der Waals surface area (Å²) < 4.78 is 5.46. The lowest BCUT2D eigenvalue weighted by Gasteiger charge is -2.34. The molecule has 2 N–H and O–H groups in total. The lowest BCUT2D eigenvalue weighted by molar-refractivity contribution is 0.0146. The van der Waals surface area contributed by atoms with E-state index < -0.39 is 5.60 Å². The Kier molecular flexibility index (Phi) is 3.58. The van der Waals surface area contributed by atoms with E-state index in [1.807, 2.05) is 25.7 Å². The van der Waals surface area contributed by atoms with Gasteiger partial charge in [-0.25, -0.2) is 4.79 Å². The normalized spacial score (nSPS) is 34.0. The second-order valence-electron chi connectivity index (χ2n) is 7.70. The largest absolute Gasteiger partial charge is 0.444 e. The summed E-state index contributed by atoms with van der Waals surface area (Å²) in [5.41, 5.74) is 5.98. The molecule has 4 heteroatoms. The van der Waals surface area contributed by atoms with Crippen LogP contribution in [-0.2, 0) is 4.74 Å². The number of nitrogens with two attached hydrogens (primary N) is 1. The Balaban J connectivity index is 1.93. The van der Waals surface area contributed by atoms with Gasteiger partial charge in [-0.3, -0.25) is 0 Å². The van der Waals surface area contributed by atoms with E-state index in [-0.39, 0.29) is 17.6 Å². The van der Waals surface area contributed by atoms with E-state index in [1.54, 1.807) is 0 Å². The summed E-state index contributed by atoms with van der Waals surface area (Å²) in [6, 6.07) is 0.288. The molecule has 0 aromatic rings. The quantitative estimate of drug-likeness (QED) is 0.795. The summed E-state index contributed by atoms with van der Waals surface area (Å²) in [5, 5.41) is 0. The van der Waals surface area contributed by atoms with Crippen LogP contribution in [0.15, 0.2) is 0 Å². The number of amides is 1. The highest BCUT2D eigenvalue weighted by molar-refractivity contribution is 5.68. The molecular weight excluding hydrogens is 240 g/mol. The smallest absolute Gasteiger partial charge is 0.410 e. The number of ether oxygens (including phenoxy) is 1. The Morgan fingerprint density at radius 2 is 1.95 bits per heavy atom. The number of likely N-dealkylation sites (tertiary alicyclic amines) is 1. The number of carbonyl (C=O) groups is 1. The first kappa shape index (κ1) is 14.6. The highest BCUT2D eigenvalue weighted by atomic mass is 16.6. The minimum absolute atomic E-state index is 0.177. The van der Waals surface area contributed by atoms with Crippen molar-refractivity contribution in [1.29, 1.82) is 0 Å². The van der Waals surface area contributed by atoms with Crippen LogP contribution in [0, 0.1) is 17.3 Å². The fraction of sp³-hybridized carbons (Fsp3) is 0.933. The van der Waals surface area contributed by atoms with E-state index in [4.69, 9.17) is 10.5 Å².